The number of carbonyl (C=O) groups is 6. The average molecular weight is 1210 g/mol. The van der Waals surface area contributed by atoms with Crippen LogP contribution >= 0.6 is 0 Å². The number of aliphatic hydroxyl groups is 12. The summed E-state index contributed by atoms with van der Waals surface area (Å²) in [5.41, 5.74) is 20.3. The third kappa shape index (κ3) is 27.0. The first kappa shape index (κ1) is 74.0. The van der Waals surface area contributed by atoms with Gasteiger partial charge in [0.15, 0.2) is 18.9 Å². The molecule has 3 aliphatic rings. The summed E-state index contributed by atoms with van der Waals surface area (Å²) in [5.74, 6) is -3.48. The Balaban J connectivity index is -0.000000398. The molecule has 0 aliphatic carbocycles. The van der Waals surface area contributed by atoms with Gasteiger partial charge < -0.3 is 128 Å². The Morgan fingerprint density at radius 3 is 0.853 bits per heavy atom. The molecule has 15 atom stereocenters. The topological polar surface area (TPSA) is 492 Å². The van der Waals surface area contributed by atoms with Crippen molar-refractivity contribution in [1.82, 2.24) is 21.3 Å². The van der Waals surface area contributed by atoms with E-state index in [0.29, 0.717) is 19.3 Å². The SMILES string of the molecule is CC(=O)NC1[C@H](O)OC(CO)[C@H](O)[C@@H]1O.CC(=O)NC1[C@H](O)OC(CO)[C@H](O)[C@@H]1O.CC(=O)NC1[C@H](O)OC(CO)[C@H](O)[C@@H]1O.CC(C)NC(CCC([NH-])=O)(CCC([NH-])=O)CCC([NH-])=O.[Y].[Y].[Y]. The minimum absolute atomic E-state index is 0. The van der Waals surface area contributed by atoms with Gasteiger partial charge in [-0.25, -0.2) is 0 Å². The van der Waals surface area contributed by atoms with E-state index < -0.39 is 153 Å². The Morgan fingerprint density at radius 1 is 0.471 bits per heavy atom. The summed E-state index contributed by atoms with van der Waals surface area (Å²) < 4.78 is 14.4. The van der Waals surface area contributed by atoms with Gasteiger partial charge in [0.25, 0.3) is 0 Å². The number of carbonyl (C=O) groups excluding carboxylic acids is 6. The fraction of sp³-hybridized carbons (Fsp3) is 0.838. The summed E-state index contributed by atoms with van der Waals surface area (Å²) in [6.45, 7) is 5.87. The zero-order chi connectivity index (χ0) is 50.5. The monoisotopic (exact) mass is 1210 g/mol. The third-order valence-corrected chi connectivity index (χ3v) is 9.90. The van der Waals surface area contributed by atoms with Crippen molar-refractivity contribution >= 4 is 35.4 Å². The van der Waals surface area contributed by atoms with Crippen LogP contribution in [0.5, 0.6) is 0 Å². The van der Waals surface area contributed by atoms with Gasteiger partial charge in [0, 0.05) is 148 Å². The van der Waals surface area contributed by atoms with Crippen LogP contribution in [0.25, 0.3) is 17.2 Å². The first-order valence-corrected chi connectivity index (χ1v) is 20.3. The molecule has 3 saturated heterocycles. The molecule has 0 aromatic rings. The molecule has 3 heterocycles. The Hall–Kier alpha value is -0.508. The zero-order valence-electron chi connectivity index (χ0n) is 38.4. The fourth-order valence-corrected chi connectivity index (χ4v) is 6.73. The van der Waals surface area contributed by atoms with E-state index in [-0.39, 0.29) is 123 Å². The molecule has 0 aromatic carbocycles. The van der Waals surface area contributed by atoms with Gasteiger partial charge in [-0.1, -0.05) is 13.8 Å². The van der Waals surface area contributed by atoms with Crippen LogP contribution in [0.15, 0.2) is 0 Å². The van der Waals surface area contributed by atoms with E-state index in [4.69, 9.17) is 46.7 Å². The molecule has 3 fully saturated rings. The minimum Gasteiger partial charge on any atom is -0.668 e. The maximum absolute atomic E-state index is 10.9. The molecule has 3 rings (SSSR count). The maximum atomic E-state index is 10.9. The van der Waals surface area contributed by atoms with Crippen molar-refractivity contribution in [3.05, 3.63) is 17.2 Å². The molecule has 6 unspecified atom stereocenters. The van der Waals surface area contributed by atoms with E-state index in [1.165, 1.54) is 20.8 Å². The molecule has 0 saturated carbocycles. The average Bonchev–Trinajstić information content (AvgIpc) is 3.21. The molecule has 68 heavy (non-hydrogen) atoms. The molecule has 31 heteroatoms. The number of hydrogen-bond donors (Lipinski definition) is 16. The third-order valence-electron chi connectivity index (χ3n) is 9.90. The van der Waals surface area contributed by atoms with Crippen molar-refractivity contribution in [1.29, 1.82) is 0 Å². The van der Waals surface area contributed by atoms with Gasteiger partial charge in [-0.15, -0.1) is 0 Å². The molecule has 3 aliphatic heterocycles. The van der Waals surface area contributed by atoms with Crippen LogP contribution in [-0.4, -0.2) is 220 Å². The number of nitrogens with one attached hydrogen (secondary N) is 7. The van der Waals surface area contributed by atoms with Crippen molar-refractivity contribution in [2.24, 2.45) is 0 Å². The van der Waals surface area contributed by atoms with Gasteiger partial charge in [-0.2, -0.15) is 0 Å². The van der Waals surface area contributed by atoms with Gasteiger partial charge >= 0.3 is 0 Å². The number of aliphatic hydroxyl groups excluding tert-OH is 12. The summed E-state index contributed by atoms with van der Waals surface area (Å²) in [4.78, 5) is 64.9. The second-order valence-corrected chi connectivity index (χ2v) is 15.7. The van der Waals surface area contributed by atoms with Crippen molar-refractivity contribution in [3.8, 4) is 0 Å². The molecule has 3 radical (unpaired) electrons. The van der Waals surface area contributed by atoms with Crippen LogP contribution < -0.4 is 21.3 Å². The van der Waals surface area contributed by atoms with E-state index in [2.05, 4.69) is 21.3 Å². The van der Waals surface area contributed by atoms with Crippen LogP contribution in [0.3, 0.4) is 0 Å². The Labute approximate surface area is 468 Å². The smallest absolute Gasteiger partial charge is 0.217 e. The molecule has 6 amide bonds. The van der Waals surface area contributed by atoms with Crippen LogP contribution in [0.2, 0.25) is 0 Å². The molecule has 389 valence electrons. The Bertz CT molecular complexity index is 1340. The van der Waals surface area contributed by atoms with Crippen LogP contribution in [-0.2, 0) is 141 Å². The molecule has 28 nitrogen and oxygen atoms in total. The molecule has 0 bridgehead atoms. The number of ether oxygens (including phenoxy) is 3. The minimum atomic E-state index is -1.45. The summed E-state index contributed by atoms with van der Waals surface area (Å²) >= 11 is 0. The largest absolute Gasteiger partial charge is 0.668 e. The van der Waals surface area contributed by atoms with Gasteiger partial charge in [-0.05, 0) is 38.5 Å². The second-order valence-electron chi connectivity index (χ2n) is 15.7. The van der Waals surface area contributed by atoms with Crippen LogP contribution in [0.4, 0.5) is 0 Å². The molecule has 0 aromatic heterocycles. The molecule has 19 N–H and O–H groups in total. The Kier molecular flexibility index (Phi) is 40.6. The van der Waals surface area contributed by atoms with E-state index >= 15 is 0 Å². The normalized spacial score (nSPS) is 30.7. The predicted octanol–water partition coefficient (Wildman–Crippen LogP) is -6.44. The van der Waals surface area contributed by atoms with Gasteiger partial charge in [0.05, 0.1) is 19.8 Å². The number of hydrogen-bond acceptors (Lipinski definition) is 22. The molecular weight excluding hydrogens is 1150 g/mol. The van der Waals surface area contributed by atoms with E-state index in [9.17, 15) is 74.7 Å². The quantitative estimate of drug-likeness (QED) is 0.0644. The number of rotatable bonds is 17. The van der Waals surface area contributed by atoms with Gasteiger partial charge in [-0.3, -0.25) is 14.4 Å². The Morgan fingerprint density at radius 2 is 0.691 bits per heavy atom. The maximum Gasteiger partial charge on any atom is 0.217 e. The fourth-order valence-electron chi connectivity index (χ4n) is 6.73. The summed E-state index contributed by atoms with van der Waals surface area (Å²) in [6.07, 6.45) is -14.7. The summed E-state index contributed by atoms with van der Waals surface area (Å²) in [5, 5.41) is 121. The predicted molar refractivity (Wildman–Crippen MR) is 219 cm³/mol. The summed E-state index contributed by atoms with van der Waals surface area (Å²) in [6, 6.07) is -3.22. The second kappa shape index (κ2) is 37.3. The van der Waals surface area contributed by atoms with E-state index in [1.54, 1.807) is 0 Å². The molecular formula is C37H68N7O21Y3-3. The van der Waals surface area contributed by atoms with E-state index in [1.807, 2.05) is 13.8 Å². The number of amides is 6. The van der Waals surface area contributed by atoms with E-state index in [0.717, 1.165) is 0 Å². The van der Waals surface area contributed by atoms with Crippen LogP contribution in [0.1, 0.15) is 73.1 Å². The van der Waals surface area contributed by atoms with Crippen LogP contribution in [0, 0.1) is 0 Å². The first-order valence-electron chi connectivity index (χ1n) is 20.3. The van der Waals surface area contributed by atoms with Crippen molar-refractivity contribution in [2.75, 3.05) is 19.8 Å². The van der Waals surface area contributed by atoms with Crippen molar-refractivity contribution < 1.29 is 202 Å². The van der Waals surface area contributed by atoms with Gasteiger partial charge in [0.2, 0.25) is 17.7 Å². The van der Waals surface area contributed by atoms with Gasteiger partial charge in [0.1, 0.15) is 73.1 Å². The molecule has 0 spiro atoms. The first-order chi connectivity index (χ1) is 30.1. The standard InChI is InChI=1S/C13H26N4O3.3C8H15NO6.3Y/c1-9(2)17-13(6-3-10(14)18,7-4-11(15)19)8-5-12(16)20;3*1-3(11)9-5-7(13)6(12)4(2-10)15-8(5)14;;;/h9,17H,3-8H2,1-2H3,(H6,14,15,16,18,19,20);3*4-8,10,12-14H,2H2,1H3,(H,9,11);;;/p-3/t;3*4?,5?,6-,7+,8+;;;/m.000.../s1. The van der Waals surface area contributed by atoms with Crippen molar-refractivity contribution in [3.63, 3.8) is 0 Å². The zero-order valence-corrected chi connectivity index (χ0v) is 46.9. The summed E-state index contributed by atoms with van der Waals surface area (Å²) in [7, 11) is 0. The van der Waals surface area contributed by atoms with Crippen molar-refractivity contribution in [2.45, 2.75) is 177 Å².